The molecule has 0 aliphatic carbocycles. The van der Waals surface area contributed by atoms with E-state index in [-0.39, 0.29) is 17.6 Å². The number of nitriles is 1. The first-order valence-electron chi connectivity index (χ1n) is 11.6. The molecule has 12 heteroatoms. The van der Waals surface area contributed by atoms with E-state index in [4.69, 9.17) is 10.2 Å². The van der Waals surface area contributed by atoms with E-state index in [1.54, 1.807) is 23.0 Å². The minimum absolute atomic E-state index is 0. The summed E-state index contributed by atoms with van der Waals surface area (Å²) in [5, 5.41) is 26.0. The molecular formula is C24H29N9O2S. The molecule has 1 atom stereocenters. The minimum atomic E-state index is -0.932. The zero-order valence-electron chi connectivity index (χ0n) is 20.4. The summed E-state index contributed by atoms with van der Waals surface area (Å²) in [6, 6.07) is 10.3. The van der Waals surface area contributed by atoms with E-state index in [1.807, 2.05) is 39.6 Å². The molecule has 0 bridgehead atoms. The molecule has 4 aromatic rings. The number of aromatic nitrogens is 6. The van der Waals surface area contributed by atoms with Crippen molar-refractivity contribution in [3.05, 3.63) is 48.4 Å². The molecule has 36 heavy (non-hydrogen) atoms. The number of nitrogens with one attached hydrogen (secondary N) is 1. The molecule has 1 fully saturated rings. The molecular weight excluding hydrogens is 478 g/mol. The van der Waals surface area contributed by atoms with Gasteiger partial charge in [0.25, 0.3) is 0 Å². The maximum Gasteiger partial charge on any atom is 0.116 e. The zero-order valence-corrected chi connectivity index (χ0v) is 21.2. The fourth-order valence-corrected chi connectivity index (χ4v) is 5.15. The lowest BCUT2D eigenvalue weighted by atomic mass is 10.1. The maximum absolute atomic E-state index is 11.7. The van der Waals surface area contributed by atoms with Crippen LogP contribution in [0.3, 0.4) is 0 Å². The van der Waals surface area contributed by atoms with Gasteiger partial charge in [0.1, 0.15) is 11.8 Å². The van der Waals surface area contributed by atoms with Crippen molar-refractivity contribution in [1.29, 1.82) is 5.26 Å². The Bertz CT molecular complexity index is 1430. The number of nitrogens with zero attached hydrogens (tertiary/aromatic N) is 8. The molecule has 1 unspecified atom stereocenters. The molecule has 1 aliphatic rings. The van der Waals surface area contributed by atoms with Gasteiger partial charge in [0, 0.05) is 42.8 Å². The average molecular weight is 508 g/mol. The SMILES string of the molecule is CC(C)Nc1cc(-c2ccc3cc(C#N)cnn23)ncc1-c1cn(C2CCN(S(C)=O)CC2)nn1.O. The predicted molar refractivity (Wildman–Crippen MR) is 138 cm³/mol. The number of anilines is 1. The van der Waals surface area contributed by atoms with Crippen LogP contribution >= 0.6 is 0 Å². The highest BCUT2D eigenvalue weighted by Crippen LogP contribution is 2.32. The number of piperidine rings is 1. The largest absolute Gasteiger partial charge is 0.412 e. The Labute approximate surface area is 211 Å². The molecule has 5 heterocycles. The second-order valence-electron chi connectivity index (χ2n) is 8.99. The second kappa shape index (κ2) is 10.5. The Kier molecular flexibility index (Phi) is 7.44. The van der Waals surface area contributed by atoms with E-state index in [0.29, 0.717) is 5.56 Å². The summed E-state index contributed by atoms with van der Waals surface area (Å²) in [5.41, 5.74) is 5.50. The van der Waals surface area contributed by atoms with Crippen molar-refractivity contribution in [3.8, 4) is 28.7 Å². The molecule has 1 saturated heterocycles. The Morgan fingerprint density at radius 3 is 2.64 bits per heavy atom. The third-order valence-corrected chi connectivity index (χ3v) is 7.28. The lowest BCUT2D eigenvalue weighted by Gasteiger charge is -2.29. The summed E-state index contributed by atoms with van der Waals surface area (Å²) in [4.78, 5) is 4.73. The Morgan fingerprint density at radius 1 is 1.17 bits per heavy atom. The quantitative estimate of drug-likeness (QED) is 0.421. The Balaban J connectivity index is 0.00000304. The van der Waals surface area contributed by atoms with Crippen molar-refractivity contribution in [2.24, 2.45) is 0 Å². The molecule has 1 aliphatic heterocycles. The van der Waals surface area contributed by atoms with Crippen LogP contribution in [0, 0.1) is 11.3 Å². The zero-order chi connectivity index (χ0) is 24.5. The van der Waals surface area contributed by atoms with E-state index in [0.717, 1.165) is 59.8 Å². The van der Waals surface area contributed by atoms with Gasteiger partial charge in [-0.05, 0) is 51.0 Å². The lowest BCUT2D eigenvalue weighted by Crippen LogP contribution is -2.35. The van der Waals surface area contributed by atoms with Gasteiger partial charge in [0.2, 0.25) is 0 Å². The van der Waals surface area contributed by atoms with Crippen molar-refractivity contribution in [1.82, 2.24) is 33.9 Å². The first-order valence-corrected chi connectivity index (χ1v) is 13.1. The number of hydrogen-bond donors (Lipinski definition) is 1. The summed E-state index contributed by atoms with van der Waals surface area (Å²) in [7, 11) is -0.932. The summed E-state index contributed by atoms with van der Waals surface area (Å²) in [6.45, 7) is 5.75. The maximum atomic E-state index is 11.7. The van der Waals surface area contributed by atoms with Gasteiger partial charge in [0.05, 0.1) is 51.9 Å². The van der Waals surface area contributed by atoms with Crippen LogP contribution in [0.2, 0.25) is 0 Å². The third kappa shape index (κ3) is 4.99. The van der Waals surface area contributed by atoms with Crippen LogP contribution in [0.15, 0.2) is 42.9 Å². The molecule has 0 aromatic carbocycles. The van der Waals surface area contributed by atoms with E-state index in [2.05, 4.69) is 40.6 Å². The van der Waals surface area contributed by atoms with Gasteiger partial charge in [-0.25, -0.2) is 17.7 Å². The van der Waals surface area contributed by atoms with Crippen molar-refractivity contribution in [2.75, 3.05) is 24.7 Å². The minimum Gasteiger partial charge on any atom is -0.412 e. The molecule has 4 aromatic heterocycles. The van der Waals surface area contributed by atoms with Crippen LogP contribution in [-0.4, -0.2) is 69.0 Å². The van der Waals surface area contributed by atoms with Crippen LogP contribution in [0.4, 0.5) is 5.69 Å². The molecule has 0 amide bonds. The highest BCUT2D eigenvalue weighted by molar-refractivity contribution is 7.81. The van der Waals surface area contributed by atoms with Gasteiger partial charge in [-0.3, -0.25) is 4.98 Å². The van der Waals surface area contributed by atoms with Crippen molar-refractivity contribution >= 4 is 22.2 Å². The van der Waals surface area contributed by atoms with Gasteiger partial charge < -0.3 is 10.8 Å². The fourth-order valence-electron chi connectivity index (χ4n) is 4.43. The van der Waals surface area contributed by atoms with Crippen molar-refractivity contribution < 1.29 is 9.69 Å². The lowest BCUT2D eigenvalue weighted by molar-refractivity contribution is 0.267. The normalized spacial score (nSPS) is 15.5. The van der Waals surface area contributed by atoms with Crippen LogP contribution in [0.5, 0.6) is 0 Å². The van der Waals surface area contributed by atoms with Crippen LogP contribution in [0.25, 0.3) is 28.2 Å². The average Bonchev–Trinajstić information content (AvgIpc) is 3.51. The second-order valence-corrected chi connectivity index (χ2v) is 10.4. The molecule has 188 valence electrons. The number of hydrogen-bond acceptors (Lipinski definition) is 7. The number of rotatable bonds is 6. The first-order chi connectivity index (χ1) is 16.9. The van der Waals surface area contributed by atoms with Crippen molar-refractivity contribution in [2.45, 2.75) is 38.8 Å². The van der Waals surface area contributed by atoms with Gasteiger partial charge >= 0.3 is 0 Å². The first kappa shape index (κ1) is 25.4. The molecule has 0 radical (unpaired) electrons. The highest BCUT2D eigenvalue weighted by atomic mass is 32.2. The van der Waals surface area contributed by atoms with E-state index >= 15 is 0 Å². The topological polar surface area (TPSA) is 149 Å². The predicted octanol–water partition coefficient (Wildman–Crippen LogP) is 2.45. The monoisotopic (exact) mass is 507 g/mol. The van der Waals surface area contributed by atoms with E-state index in [1.165, 1.54) is 0 Å². The highest BCUT2D eigenvalue weighted by Gasteiger charge is 2.24. The summed E-state index contributed by atoms with van der Waals surface area (Å²) in [5.74, 6) is 0. The molecule has 3 N–H and O–H groups in total. The van der Waals surface area contributed by atoms with Gasteiger partial charge in [0.15, 0.2) is 0 Å². The van der Waals surface area contributed by atoms with Gasteiger partial charge in [-0.1, -0.05) is 5.21 Å². The van der Waals surface area contributed by atoms with Gasteiger partial charge in [-0.2, -0.15) is 10.4 Å². The molecule has 0 spiro atoms. The molecule has 5 rings (SSSR count). The number of fused-ring (bicyclic) bond motifs is 1. The van der Waals surface area contributed by atoms with Crippen molar-refractivity contribution in [3.63, 3.8) is 0 Å². The Morgan fingerprint density at radius 2 is 1.94 bits per heavy atom. The molecule has 0 saturated carbocycles. The smallest absolute Gasteiger partial charge is 0.116 e. The molecule has 11 nitrogen and oxygen atoms in total. The van der Waals surface area contributed by atoms with Gasteiger partial charge in [-0.15, -0.1) is 5.10 Å². The standard InChI is InChI=1S/C24H27N9OS.H2O/c1-16(2)28-21-11-22(24-5-4-19-10-17(12-25)13-27-33(19)24)26-14-20(21)23-15-32(30-29-23)18-6-8-31(9-7-18)35(3)34;/h4-5,10-11,13-16,18H,6-9H2,1-3H3,(H,26,28);1H2. The summed E-state index contributed by atoms with van der Waals surface area (Å²) in [6.07, 6.45) is 8.85. The van der Waals surface area contributed by atoms with Crippen LogP contribution < -0.4 is 5.32 Å². The number of pyridine rings is 1. The van der Waals surface area contributed by atoms with Crippen LogP contribution in [-0.2, 0) is 11.0 Å². The van der Waals surface area contributed by atoms with E-state index < -0.39 is 11.0 Å². The third-order valence-electron chi connectivity index (χ3n) is 6.19. The van der Waals surface area contributed by atoms with E-state index in [9.17, 15) is 4.21 Å². The summed E-state index contributed by atoms with van der Waals surface area (Å²) >= 11 is 0. The summed E-state index contributed by atoms with van der Waals surface area (Å²) < 4.78 is 17.4. The van der Waals surface area contributed by atoms with Crippen LogP contribution in [0.1, 0.15) is 38.3 Å². The fraction of sp³-hybridized carbons (Fsp3) is 0.375. The Hall–Kier alpha value is -3.66.